The largest absolute Gasteiger partial charge is 0.481 e. The van der Waals surface area contributed by atoms with Crippen molar-refractivity contribution in [2.24, 2.45) is 0 Å². The molecule has 4 N–H and O–H groups in total. The first-order valence-corrected chi connectivity index (χ1v) is 6.84. The number of hydrogen-bond acceptors (Lipinski definition) is 4. The van der Waals surface area contributed by atoms with Gasteiger partial charge in [0.2, 0.25) is 0 Å². The van der Waals surface area contributed by atoms with Gasteiger partial charge in [-0.05, 0) is 6.42 Å². The molecule has 18 heavy (non-hydrogen) atoms. The van der Waals surface area contributed by atoms with Gasteiger partial charge in [0.25, 0.3) is 0 Å². The number of carboxylic acids is 2. The van der Waals surface area contributed by atoms with E-state index in [9.17, 15) is 18.6 Å². The summed E-state index contributed by atoms with van der Waals surface area (Å²) in [5.74, 6) is -2.17. The van der Waals surface area contributed by atoms with Crippen molar-refractivity contribution in [1.29, 1.82) is 0 Å². The SMILES string of the molecule is CS(=O)CCNC(=O)NC(CCC(=O)O)C(=O)O. The lowest BCUT2D eigenvalue weighted by atomic mass is 10.1. The third kappa shape index (κ3) is 8.50. The minimum absolute atomic E-state index is 0.153. The molecule has 104 valence electrons. The maximum atomic E-state index is 11.3. The zero-order chi connectivity index (χ0) is 14.1. The average molecular weight is 280 g/mol. The van der Waals surface area contributed by atoms with Crippen molar-refractivity contribution < 1.29 is 28.8 Å². The highest BCUT2D eigenvalue weighted by Crippen LogP contribution is 1.97. The zero-order valence-electron chi connectivity index (χ0n) is 9.84. The van der Waals surface area contributed by atoms with Crippen LogP contribution in [0.1, 0.15) is 12.8 Å². The fraction of sp³-hybridized carbons (Fsp3) is 0.667. The maximum absolute atomic E-state index is 11.3. The molecule has 2 atom stereocenters. The Balaban J connectivity index is 4.07. The number of carboxylic acid groups (broad SMARTS) is 2. The molecule has 0 saturated heterocycles. The lowest BCUT2D eigenvalue weighted by Crippen LogP contribution is -2.46. The Morgan fingerprint density at radius 2 is 1.89 bits per heavy atom. The number of hydrogen-bond donors (Lipinski definition) is 4. The van der Waals surface area contributed by atoms with Crippen molar-refractivity contribution in [1.82, 2.24) is 10.6 Å². The molecule has 0 rings (SSSR count). The molecule has 0 aliphatic rings. The van der Waals surface area contributed by atoms with Gasteiger partial charge in [-0.2, -0.15) is 0 Å². The van der Waals surface area contributed by atoms with E-state index in [4.69, 9.17) is 10.2 Å². The van der Waals surface area contributed by atoms with Gasteiger partial charge in [0.05, 0.1) is 0 Å². The molecule has 0 aliphatic heterocycles. The second kappa shape index (κ2) is 8.45. The number of nitrogens with one attached hydrogen (secondary N) is 2. The van der Waals surface area contributed by atoms with E-state index in [0.29, 0.717) is 0 Å². The predicted molar refractivity (Wildman–Crippen MR) is 63.8 cm³/mol. The van der Waals surface area contributed by atoms with Crippen LogP contribution >= 0.6 is 0 Å². The topological polar surface area (TPSA) is 133 Å². The van der Waals surface area contributed by atoms with Gasteiger partial charge in [0.1, 0.15) is 6.04 Å². The van der Waals surface area contributed by atoms with Gasteiger partial charge in [-0.25, -0.2) is 9.59 Å². The molecule has 0 aliphatic carbocycles. The van der Waals surface area contributed by atoms with Crippen LogP contribution in [0.25, 0.3) is 0 Å². The van der Waals surface area contributed by atoms with Crippen molar-refractivity contribution in [3.63, 3.8) is 0 Å². The number of rotatable bonds is 8. The van der Waals surface area contributed by atoms with Crippen LogP contribution in [0, 0.1) is 0 Å². The Hall–Kier alpha value is -1.64. The second-order valence-corrected chi connectivity index (χ2v) is 5.06. The molecule has 0 aromatic carbocycles. The van der Waals surface area contributed by atoms with E-state index < -0.39 is 34.8 Å². The third-order valence-corrected chi connectivity index (χ3v) is 2.70. The first kappa shape index (κ1) is 16.4. The van der Waals surface area contributed by atoms with Gasteiger partial charge in [0.15, 0.2) is 0 Å². The van der Waals surface area contributed by atoms with E-state index in [2.05, 4.69) is 10.6 Å². The number of urea groups is 1. The van der Waals surface area contributed by atoms with Crippen LogP contribution in [-0.2, 0) is 20.4 Å². The molecule has 0 aromatic heterocycles. The zero-order valence-corrected chi connectivity index (χ0v) is 10.7. The van der Waals surface area contributed by atoms with Crippen molar-refractivity contribution in [2.45, 2.75) is 18.9 Å². The van der Waals surface area contributed by atoms with E-state index in [0.717, 1.165) is 0 Å². The van der Waals surface area contributed by atoms with Gasteiger partial charge in [-0.1, -0.05) is 0 Å². The third-order valence-electron chi connectivity index (χ3n) is 1.93. The standard InChI is InChI=1S/C9H16N2O6S/c1-18(17)5-4-10-9(16)11-6(8(14)15)2-3-7(12)13/h6H,2-5H2,1H3,(H,12,13)(H,14,15)(H2,10,11,16). The quantitative estimate of drug-likeness (QED) is 0.450. The monoisotopic (exact) mass is 280 g/mol. The van der Waals surface area contributed by atoms with Crippen LogP contribution in [-0.4, -0.2) is 57.0 Å². The van der Waals surface area contributed by atoms with Crippen LogP contribution in [0.5, 0.6) is 0 Å². The number of carbonyl (C=O) groups excluding carboxylic acids is 1. The highest BCUT2D eigenvalue weighted by Gasteiger charge is 2.20. The average Bonchev–Trinajstić information content (AvgIpc) is 2.22. The summed E-state index contributed by atoms with van der Waals surface area (Å²) in [7, 11) is -1.05. The second-order valence-electron chi connectivity index (χ2n) is 3.50. The van der Waals surface area contributed by atoms with Gasteiger partial charge in [-0.15, -0.1) is 0 Å². The molecule has 2 unspecified atom stereocenters. The number of amides is 2. The molecular formula is C9H16N2O6S. The highest BCUT2D eigenvalue weighted by molar-refractivity contribution is 7.84. The number of carbonyl (C=O) groups is 3. The highest BCUT2D eigenvalue weighted by atomic mass is 32.2. The van der Waals surface area contributed by atoms with Crippen LogP contribution in [0.3, 0.4) is 0 Å². The van der Waals surface area contributed by atoms with Crippen molar-refractivity contribution in [3.8, 4) is 0 Å². The molecule has 0 aromatic rings. The number of aliphatic carboxylic acids is 2. The fourth-order valence-electron chi connectivity index (χ4n) is 1.04. The molecule has 2 amide bonds. The summed E-state index contributed by atoms with van der Waals surface area (Å²) in [4.78, 5) is 32.3. The molecule has 0 radical (unpaired) electrons. The van der Waals surface area contributed by atoms with Gasteiger partial charge >= 0.3 is 18.0 Å². The maximum Gasteiger partial charge on any atom is 0.326 e. The molecule has 8 nitrogen and oxygen atoms in total. The lowest BCUT2D eigenvalue weighted by Gasteiger charge is -2.13. The van der Waals surface area contributed by atoms with Gasteiger partial charge in [-0.3, -0.25) is 9.00 Å². The summed E-state index contributed by atoms with van der Waals surface area (Å²) >= 11 is 0. The molecular weight excluding hydrogens is 264 g/mol. The molecule has 0 fully saturated rings. The van der Waals surface area contributed by atoms with E-state index in [1.165, 1.54) is 6.26 Å². The van der Waals surface area contributed by atoms with Crippen molar-refractivity contribution >= 4 is 28.8 Å². The van der Waals surface area contributed by atoms with Gasteiger partial charge in [0, 0.05) is 35.8 Å². The summed E-state index contributed by atoms with van der Waals surface area (Å²) in [6.07, 6.45) is 0.931. The molecule has 9 heteroatoms. The molecule has 0 saturated carbocycles. The first-order chi connectivity index (χ1) is 8.32. The van der Waals surface area contributed by atoms with Crippen molar-refractivity contribution in [2.75, 3.05) is 18.6 Å². The summed E-state index contributed by atoms with van der Waals surface area (Å²) < 4.78 is 10.7. The van der Waals surface area contributed by atoms with E-state index in [1.807, 2.05) is 0 Å². The van der Waals surface area contributed by atoms with Gasteiger partial charge < -0.3 is 20.8 Å². The van der Waals surface area contributed by atoms with Crippen LogP contribution in [0.2, 0.25) is 0 Å². The summed E-state index contributed by atoms with van der Waals surface area (Å²) in [5.41, 5.74) is 0. The first-order valence-electron chi connectivity index (χ1n) is 5.12. The summed E-state index contributed by atoms with van der Waals surface area (Å²) in [5, 5.41) is 21.7. The Kier molecular flexibility index (Phi) is 7.68. The fourth-order valence-corrected chi connectivity index (χ4v) is 1.43. The van der Waals surface area contributed by atoms with E-state index >= 15 is 0 Å². The van der Waals surface area contributed by atoms with E-state index in [-0.39, 0.29) is 25.1 Å². The Morgan fingerprint density at radius 3 is 2.33 bits per heavy atom. The Bertz CT molecular complexity index is 346. The minimum atomic E-state index is -1.30. The minimum Gasteiger partial charge on any atom is -0.481 e. The summed E-state index contributed by atoms with van der Waals surface area (Å²) in [6, 6.07) is -1.98. The summed E-state index contributed by atoms with van der Waals surface area (Å²) in [6.45, 7) is 0.153. The molecule has 0 spiro atoms. The van der Waals surface area contributed by atoms with Crippen LogP contribution in [0.15, 0.2) is 0 Å². The normalized spacial score (nSPS) is 13.4. The molecule has 0 heterocycles. The molecule has 0 bridgehead atoms. The smallest absolute Gasteiger partial charge is 0.326 e. The van der Waals surface area contributed by atoms with Crippen molar-refractivity contribution in [3.05, 3.63) is 0 Å². The van der Waals surface area contributed by atoms with E-state index in [1.54, 1.807) is 0 Å². The Morgan fingerprint density at radius 1 is 1.28 bits per heavy atom. The predicted octanol–water partition coefficient (Wildman–Crippen LogP) is -1.02. The Labute approximate surface area is 106 Å². The van der Waals surface area contributed by atoms with Crippen LogP contribution in [0.4, 0.5) is 4.79 Å². The van der Waals surface area contributed by atoms with Crippen LogP contribution < -0.4 is 10.6 Å². The lowest BCUT2D eigenvalue weighted by molar-refractivity contribution is -0.140.